The van der Waals surface area contributed by atoms with Crippen molar-refractivity contribution in [3.63, 3.8) is 0 Å². The van der Waals surface area contributed by atoms with Crippen molar-refractivity contribution < 1.29 is 14.5 Å². The molecule has 0 aromatic rings. The molecule has 0 saturated heterocycles. The third-order valence-corrected chi connectivity index (χ3v) is 2.94. The molecule has 0 saturated carbocycles. The minimum atomic E-state index is -0.937. The van der Waals surface area contributed by atoms with Gasteiger partial charge < -0.3 is 4.74 Å². The first-order valence-electron chi connectivity index (χ1n) is 6.26. The minimum absolute atomic E-state index is 0.311. The van der Waals surface area contributed by atoms with Crippen LogP contribution in [0.3, 0.4) is 0 Å². The van der Waals surface area contributed by atoms with Gasteiger partial charge in [-0.3, -0.25) is 14.9 Å². The normalized spacial score (nSPS) is 13.2. The van der Waals surface area contributed by atoms with E-state index >= 15 is 0 Å². The van der Waals surface area contributed by atoms with Crippen molar-refractivity contribution >= 4 is 5.97 Å². The molecule has 0 aliphatic carbocycles. The summed E-state index contributed by atoms with van der Waals surface area (Å²) >= 11 is 0. The van der Waals surface area contributed by atoms with E-state index in [1.165, 1.54) is 6.92 Å². The van der Waals surface area contributed by atoms with Crippen LogP contribution in [0.4, 0.5) is 0 Å². The predicted octanol–water partition coefficient (Wildman–Crippen LogP) is 2.94. The molecule has 0 amide bonds. The van der Waals surface area contributed by atoms with E-state index in [4.69, 9.17) is 4.74 Å². The molecule has 100 valence electrons. The summed E-state index contributed by atoms with van der Waals surface area (Å²) in [6.45, 7) is 6.96. The third-order valence-electron chi connectivity index (χ3n) is 2.94. The molecular formula is C12H23NO4. The third kappa shape index (κ3) is 4.32. The van der Waals surface area contributed by atoms with Crippen molar-refractivity contribution in [1.82, 2.24) is 0 Å². The highest BCUT2D eigenvalue weighted by Gasteiger charge is 2.47. The number of ether oxygens (including phenoxy) is 1. The first-order valence-corrected chi connectivity index (χ1v) is 6.26. The molecule has 0 spiro atoms. The average Bonchev–Trinajstić information content (AvgIpc) is 2.17. The van der Waals surface area contributed by atoms with Crippen LogP contribution in [0.15, 0.2) is 0 Å². The van der Waals surface area contributed by atoms with Crippen LogP contribution in [0.2, 0.25) is 0 Å². The lowest BCUT2D eigenvalue weighted by atomic mass is 9.83. The lowest BCUT2D eigenvalue weighted by Crippen LogP contribution is -2.49. The van der Waals surface area contributed by atoms with Crippen molar-refractivity contribution in [1.29, 1.82) is 0 Å². The number of hydrogen-bond donors (Lipinski definition) is 0. The first-order chi connectivity index (χ1) is 7.93. The highest BCUT2D eigenvalue weighted by atomic mass is 16.6. The van der Waals surface area contributed by atoms with Crippen LogP contribution in [0, 0.1) is 10.1 Å². The van der Waals surface area contributed by atoms with Gasteiger partial charge >= 0.3 is 5.97 Å². The molecule has 0 heterocycles. The SMILES string of the molecule is CCCC(CCC)(OC(C)=O)C(CC)[N+](=O)[O-]. The summed E-state index contributed by atoms with van der Waals surface area (Å²) < 4.78 is 5.35. The largest absolute Gasteiger partial charge is 0.452 e. The average molecular weight is 245 g/mol. The van der Waals surface area contributed by atoms with E-state index in [1.807, 2.05) is 13.8 Å². The Morgan fingerprint density at radius 3 is 2.00 bits per heavy atom. The highest BCUT2D eigenvalue weighted by Crippen LogP contribution is 2.32. The molecular weight excluding hydrogens is 222 g/mol. The fourth-order valence-electron chi connectivity index (χ4n) is 2.47. The summed E-state index contributed by atoms with van der Waals surface area (Å²) in [6, 6.07) is -0.814. The zero-order valence-corrected chi connectivity index (χ0v) is 11.2. The molecule has 0 aromatic carbocycles. The Labute approximate surface area is 103 Å². The molecule has 5 heteroatoms. The maximum Gasteiger partial charge on any atom is 0.303 e. The van der Waals surface area contributed by atoms with Crippen molar-refractivity contribution in [3.8, 4) is 0 Å². The lowest BCUT2D eigenvalue weighted by molar-refractivity contribution is -0.546. The van der Waals surface area contributed by atoms with Gasteiger partial charge in [0, 0.05) is 18.3 Å². The first kappa shape index (κ1) is 15.9. The van der Waals surface area contributed by atoms with E-state index in [-0.39, 0.29) is 4.92 Å². The van der Waals surface area contributed by atoms with Crippen molar-refractivity contribution in [3.05, 3.63) is 10.1 Å². The summed E-state index contributed by atoms with van der Waals surface area (Å²) in [7, 11) is 0. The summed E-state index contributed by atoms with van der Waals surface area (Å²) in [5, 5.41) is 11.1. The van der Waals surface area contributed by atoms with Gasteiger partial charge in [-0.2, -0.15) is 0 Å². The maximum atomic E-state index is 11.2. The van der Waals surface area contributed by atoms with Gasteiger partial charge in [-0.15, -0.1) is 0 Å². The molecule has 0 aliphatic rings. The number of carbonyl (C=O) groups excluding carboxylic acids is 1. The highest BCUT2D eigenvalue weighted by molar-refractivity contribution is 5.66. The van der Waals surface area contributed by atoms with E-state index in [0.29, 0.717) is 19.3 Å². The molecule has 0 radical (unpaired) electrons. The molecule has 0 aromatic heterocycles. The van der Waals surface area contributed by atoms with Crippen molar-refractivity contribution in [2.75, 3.05) is 0 Å². The van der Waals surface area contributed by atoms with Gasteiger partial charge in [0.25, 0.3) is 6.04 Å². The van der Waals surface area contributed by atoms with Crippen LogP contribution in [0.5, 0.6) is 0 Å². The second-order valence-electron chi connectivity index (χ2n) is 4.37. The Bertz CT molecular complexity index is 259. The molecule has 0 rings (SSSR count). The zero-order chi connectivity index (χ0) is 13.5. The van der Waals surface area contributed by atoms with Crippen LogP contribution >= 0.6 is 0 Å². The van der Waals surface area contributed by atoms with Crippen molar-refractivity contribution in [2.24, 2.45) is 0 Å². The Kier molecular flexibility index (Phi) is 6.76. The van der Waals surface area contributed by atoms with Gasteiger partial charge in [-0.25, -0.2) is 0 Å². The van der Waals surface area contributed by atoms with Crippen LogP contribution in [-0.4, -0.2) is 22.5 Å². The van der Waals surface area contributed by atoms with Gasteiger partial charge in [0.1, 0.15) is 0 Å². The van der Waals surface area contributed by atoms with Gasteiger partial charge in [-0.1, -0.05) is 33.6 Å². The number of nitrogens with zero attached hydrogens (tertiary/aromatic N) is 1. The predicted molar refractivity (Wildman–Crippen MR) is 65.4 cm³/mol. The molecule has 0 fully saturated rings. The Morgan fingerprint density at radius 2 is 1.76 bits per heavy atom. The Hall–Kier alpha value is -1.13. The summed E-state index contributed by atoms with van der Waals surface area (Å²) in [5.41, 5.74) is -0.937. The van der Waals surface area contributed by atoms with E-state index in [2.05, 4.69) is 0 Å². The van der Waals surface area contributed by atoms with Crippen LogP contribution in [-0.2, 0) is 9.53 Å². The fourth-order valence-corrected chi connectivity index (χ4v) is 2.47. The smallest absolute Gasteiger partial charge is 0.303 e. The number of rotatable bonds is 8. The molecule has 0 N–H and O–H groups in total. The van der Waals surface area contributed by atoms with E-state index in [9.17, 15) is 14.9 Å². The Morgan fingerprint density at radius 1 is 1.29 bits per heavy atom. The van der Waals surface area contributed by atoms with Gasteiger partial charge in [0.05, 0.1) is 0 Å². The van der Waals surface area contributed by atoms with E-state index in [1.54, 1.807) is 6.92 Å². The molecule has 1 unspecified atom stereocenters. The van der Waals surface area contributed by atoms with Gasteiger partial charge in [-0.05, 0) is 12.8 Å². The number of carbonyl (C=O) groups is 1. The monoisotopic (exact) mass is 245 g/mol. The van der Waals surface area contributed by atoms with E-state index in [0.717, 1.165) is 12.8 Å². The molecule has 0 aliphatic heterocycles. The number of nitro groups is 1. The Balaban J connectivity index is 5.23. The maximum absolute atomic E-state index is 11.2. The molecule has 5 nitrogen and oxygen atoms in total. The molecule has 17 heavy (non-hydrogen) atoms. The summed E-state index contributed by atoms with van der Waals surface area (Å²) in [6.07, 6.45) is 2.98. The minimum Gasteiger partial charge on any atom is -0.452 e. The van der Waals surface area contributed by atoms with Crippen LogP contribution in [0.1, 0.15) is 59.8 Å². The van der Waals surface area contributed by atoms with Crippen LogP contribution < -0.4 is 0 Å². The van der Waals surface area contributed by atoms with Crippen molar-refractivity contribution in [2.45, 2.75) is 71.4 Å². The molecule has 0 bridgehead atoms. The quantitative estimate of drug-likeness (QED) is 0.374. The van der Waals surface area contributed by atoms with Crippen LogP contribution in [0.25, 0.3) is 0 Å². The number of esters is 1. The second kappa shape index (κ2) is 7.25. The van der Waals surface area contributed by atoms with E-state index < -0.39 is 17.6 Å². The summed E-state index contributed by atoms with van der Waals surface area (Å²) in [5.74, 6) is -0.438. The fraction of sp³-hybridized carbons (Fsp3) is 0.917. The number of hydrogen-bond acceptors (Lipinski definition) is 4. The zero-order valence-electron chi connectivity index (χ0n) is 11.2. The van der Waals surface area contributed by atoms with Gasteiger partial charge in [0.15, 0.2) is 5.60 Å². The summed E-state index contributed by atoms with van der Waals surface area (Å²) in [4.78, 5) is 22.0. The second-order valence-corrected chi connectivity index (χ2v) is 4.37. The van der Waals surface area contributed by atoms with Gasteiger partial charge in [0.2, 0.25) is 0 Å². The lowest BCUT2D eigenvalue weighted by Gasteiger charge is -2.34. The standard InChI is InChI=1S/C12H23NO4/c1-5-8-12(9-6-2,17-10(4)14)11(7-3)13(15)16/h11H,5-9H2,1-4H3. The topological polar surface area (TPSA) is 69.4 Å². The molecule has 1 atom stereocenters.